The first-order valence-electron chi connectivity index (χ1n) is 5.82. The van der Waals surface area contributed by atoms with E-state index in [4.69, 9.17) is 5.73 Å². The predicted molar refractivity (Wildman–Crippen MR) is 72.0 cm³/mol. The van der Waals surface area contributed by atoms with E-state index in [0.717, 1.165) is 11.3 Å². The molecule has 3 nitrogen and oxygen atoms in total. The van der Waals surface area contributed by atoms with Crippen molar-refractivity contribution >= 4 is 17.1 Å². The lowest BCUT2D eigenvalue weighted by atomic mass is 10.2. The Hall–Kier alpha value is -2.37. The van der Waals surface area contributed by atoms with Crippen LogP contribution in [0.25, 0.3) is 0 Å². The number of alkyl halides is 3. The number of rotatable bonds is 3. The van der Waals surface area contributed by atoms with Crippen molar-refractivity contribution in [3.8, 4) is 5.75 Å². The molecule has 2 aromatic rings. The Morgan fingerprint density at radius 2 is 1.65 bits per heavy atom. The number of benzene rings is 2. The lowest BCUT2D eigenvalue weighted by Gasteiger charge is -2.11. The van der Waals surface area contributed by atoms with Crippen LogP contribution in [0.15, 0.2) is 42.5 Å². The molecule has 0 amide bonds. The van der Waals surface area contributed by atoms with Crippen molar-refractivity contribution in [3.05, 3.63) is 48.0 Å². The predicted octanol–water partition coefficient (Wildman–Crippen LogP) is 4.22. The molecule has 0 aliphatic rings. The van der Waals surface area contributed by atoms with Crippen LogP contribution in [0.4, 0.5) is 30.2 Å². The maximum absolute atomic E-state index is 12.0. The quantitative estimate of drug-likeness (QED) is 0.829. The van der Waals surface area contributed by atoms with Gasteiger partial charge in [-0.05, 0) is 55.0 Å². The number of nitrogens with one attached hydrogen (secondary N) is 1. The van der Waals surface area contributed by atoms with Crippen LogP contribution in [0.2, 0.25) is 0 Å². The van der Waals surface area contributed by atoms with Gasteiger partial charge in [0.1, 0.15) is 5.75 Å². The average molecular weight is 282 g/mol. The smallest absolute Gasteiger partial charge is 0.406 e. The van der Waals surface area contributed by atoms with Gasteiger partial charge >= 0.3 is 6.36 Å². The average Bonchev–Trinajstić information content (AvgIpc) is 2.28. The first kappa shape index (κ1) is 14.0. The van der Waals surface area contributed by atoms with Crippen molar-refractivity contribution in [2.75, 3.05) is 11.1 Å². The molecule has 0 saturated carbocycles. The molecule has 0 spiro atoms. The molecule has 0 radical (unpaired) electrons. The molecular formula is C14H13F3N2O. The van der Waals surface area contributed by atoms with Gasteiger partial charge in [-0.15, -0.1) is 13.2 Å². The molecule has 2 aromatic carbocycles. The molecule has 0 aliphatic heterocycles. The van der Waals surface area contributed by atoms with Gasteiger partial charge in [-0.3, -0.25) is 0 Å². The second kappa shape index (κ2) is 5.32. The summed E-state index contributed by atoms with van der Waals surface area (Å²) in [5, 5.41) is 3.06. The van der Waals surface area contributed by atoms with Crippen molar-refractivity contribution in [2.24, 2.45) is 0 Å². The van der Waals surface area contributed by atoms with E-state index in [9.17, 15) is 13.2 Å². The van der Waals surface area contributed by atoms with Crippen LogP contribution in [0.3, 0.4) is 0 Å². The molecule has 20 heavy (non-hydrogen) atoms. The van der Waals surface area contributed by atoms with Gasteiger partial charge in [-0.25, -0.2) is 0 Å². The summed E-state index contributed by atoms with van der Waals surface area (Å²) >= 11 is 0. The Labute approximate surface area is 114 Å². The van der Waals surface area contributed by atoms with Gasteiger partial charge in [0.05, 0.1) is 0 Å². The number of nitrogen functional groups attached to an aromatic ring is 1. The molecule has 3 N–H and O–H groups in total. The van der Waals surface area contributed by atoms with Crippen molar-refractivity contribution in [1.82, 2.24) is 0 Å². The van der Waals surface area contributed by atoms with Gasteiger partial charge in [0, 0.05) is 17.1 Å². The number of halogens is 3. The normalized spacial score (nSPS) is 11.2. The fraction of sp³-hybridized carbons (Fsp3) is 0.143. The Kier molecular flexibility index (Phi) is 3.74. The third-order valence-electron chi connectivity index (χ3n) is 2.48. The summed E-state index contributed by atoms with van der Waals surface area (Å²) in [6.07, 6.45) is -4.68. The zero-order valence-corrected chi connectivity index (χ0v) is 10.7. The lowest BCUT2D eigenvalue weighted by Crippen LogP contribution is -2.16. The van der Waals surface area contributed by atoms with E-state index in [1.54, 1.807) is 6.07 Å². The summed E-state index contributed by atoms with van der Waals surface area (Å²) in [6.45, 7) is 1.90. The van der Waals surface area contributed by atoms with Gasteiger partial charge in [0.25, 0.3) is 0 Å². The highest BCUT2D eigenvalue weighted by molar-refractivity contribution is 5.65. The fourth-order valence-electron chi connectivity index (χ4n) is 1.79. The van der Waals surface area contributed by atoms with Gasteiger partial charge < -0.3 is 15.8 Å². The number of hydrogen-bond donors (Lipinski definition) is 2. The van der Waals surface area contributed by atoms with E-state index in [-0.39, 0.29) is 5.75 Å². The van der Waals surface area contributed by atoms with E-state index in [1.807, 2.05) is 19.1 Å². The Balaban J connectivity index is 2.10. The van der Waals surface area contributed by atoms with Gasteiger partial charge in [0.2, 0.25) is 0 Å². The summed E-state index contributed by atoms with van der Waals surface area (Å²) in [6, 6.07) is 10.9. The zero-order chi connectivity index (χ0) is 14.8. The lowest BCUT2D eigenvalue weighted by molar-refractivity contribution is -0.274. The molecule has 6 heteroatoms. The monoisotopic (exact) mass is 282 g/mol. The zero-order valence-electron chi connectivity index (χ0n) is 10.7. The van der Waals surface area contributed by atoms with Crippen LogP contribution in [-0.4, -0.2) is 6.36 Å². The number of anilines is 3. The van der Waals surface area contributed by atoms with Crippen LogP contribution >= 0.6 is 0 Å². The highest BCUT2D eigenvalue weighted by Crippen LogP contribution is 2.26. The molecule has 0 saturated heterocycles. The van der Waals surface area contributed by atoms with E-state index in [0.29, 0.717) is 11.4 Å². The van der Waals surface area contributed by atoms with Gasteiger partial charge in [-0.1, -0.05) is 0 Å². The Morgan fingerprint density at radius 3 is 2.20 bits per heavy atom. The summed E-state index contributed by atoms with van der Waals surface area (Å²) in [4.78, 5) is 0. The fourth-order valence-corrected chi connectivity index (χ4v) is 1.79. The Morgan fingerprint density at radius 1 is 1.00 bits per heavy atom. The maximum Gasteiger partial charge on any atom is 0.573 e. The number of hydrogen-bond acceptors (Lipinski definition) is 3. The molecular weight excluding hydrogens is 269 g/mol. The summed E-state index contributed by atoms with van der Waals surface area (Å²) in [5.41, 5.74) is 8.74. The molecule has 0 heterocycles. The largest absolute Gasteiger partial charge is 0.573 e. The standard InChI is InChI=1S/C14H13F3N2O/c1-9-6-10(18)8-12(7-9)19-11-2-4-13(5-3-11)20-14(15,16)17/h2-8,19H,18H2,1H3. The summed E-state index contributed by atoms with van der Waals surface area (Å²) < 4.78 is 39.9. The van der Waals surface area contributed by atoms with E-state index < -0.39 is 6.36 Å². The van der Waals surface area contributed by atoms with Crippen LogP contribution in [-0.2, 0) is 0 Å². The van der Waals surface area contributed by atoms with E-state index >= 15 is 0 Å². The van der Waals surface area contributed by atoms with E-state index in [1.165, 1.54) is 24.3 Å². The van der Waals surface area contributed by atoms with Crippen molar-refractivity contribution in [2.45, 2.75) is 13.3 Å². The SMILES string of the molecule is Cc1cc(N)cc(Nc2ccc(OC(F)(F)F)cc2)c1. The van der Waals surface area contributed by atoms with Gasteiger partial charge in [0.15, 0.2) is 0 Å². The van der Waals surface area contributed by atoms with Crippen molar-refractivity contribution in [1.29, 1.82) is 0 Å². The third kappa shape index (κ3) is 4.08. The minimum Gasteiger partial charge on any atom is -0.406 e. The highest BCUT2D eigenvalue weighted by Gasteiger charge is 2.30. The van der Waals surface area contributed by atoms with Crippen LogP contribution < -0.4 is 15.8 Å². The minimum absolute atomic E-state index is 0.258. The molecule has 0 atom stereocenters. The number of nitrogens with two attached hydrogens (primary N) is 1. The molecule has 0 bridgehead atoms. The van der Waals surface area contributed by atoms with Crippen LogP contribution in [0.1, 0.15) is 5.56 Å². The molecule has 106 valence electrons. The molecule has 0 aliphatic carbocycles. The van der Waals surface area contributed by atoms with E-state index in [2.05, 4.69) is 10.1 Å². The maximum atomic E-state index is 12.0. The minimum atomic E-state index is -4.68. The topological polar surface area (TPSA) is 47.3 Å². The second-order valence-electron chi connectivity index (χ2n) is 4.33. The summed E-state index contributed by atoms with van der Waals surface area (Å²) in [7, 11) is 0. The molecule has 0 aromatic heterocycles. The van der Waals surface area contributed by atoms with Crippen molar-refractivity contribution < 1.29 is 17.9 Å². The third-order valence-corrected chi connectivity index (χ3v) is 2.48. The van der Waals surface area contributed by atoms with Crippen molar-refractivity contribution in [3.63, 3.8) is 0 Å². The molecule has 2 rings (SSSR count). The Bertz CT molecular complexity index is 574. The first-order chi connectivity index (χ1) is 9.32. The summed E-state index contributed by atoms with van der Waals surface area (Å²) in [5.74, 6) is -0.258. The van der Waals surface area contributed by atoms with Crippen LogP contribution in [0, 0.1) is 6.92 Å². The second-order valence-corrected chi connectivity index (χ2v) is 4.33. The van der Waals surface area contributed by atoms with Gasteiger partial charge in [-0.2, -0.15) is 0 Å². The number of ether oxygens (including phenoxy) is 1. The highest BCUT2D eigenvalue weighted by atomic mass is 19.4. The first-order valence-corrected chi connectivity index (χ1v) is 5.82. The van der Waals surface area contributed by atoms with Crippen LogP contribution in [0.5, 0.6) is 5.75 Å². The number of aryl methyl sites for hydroxylation is 1. The molecule has 0 fully saturated rings. The molecule has 0 unspecified atom stereocenters.